The van der Waals surface area contributed by atoms with Gasteiger partial charge in [-0.1, -0.05) is 25.4 Å². The lowest BCUT2D eigenvalue weighted by Gasteiger charge is -2.24. The lowest BCUT2D eigenvalue weighted by Crippen LogP contribution is -2.31. The van der Waals surface area contributed by atoms with Crippen LogP contribution >= 0.6 is 11.6 Å². The number of pyridine rings is 1. The van der Waals surface area contributed by atoms with Crippen LogP contribution in [0.15, 0.2) is 24.7 Å². The second-order valence-corrected chi connectivity index (χ2v) is 7.10. The minimum atomic E-state index is -0.790. The van der Waals surface area contributed by atoms with E-state index in [1.807, 2.05) is 19.4 Å². The fourth-order valence-electron chi connectivity index (χ4n) is 3.21. The third kappa shape index (κ3) is 2.95. The lowest BCUT2D eigenvalue weighted by molar-refractivity contribution is 0.0772. The minimum Gasteiger partial charge on any atom is -0.337 e. The Kier molecular flexibility index (Phi) is 3.88. The fourth-order valence-corrected chi connectivity index (χ4v) is 3.37. The molecule has 122 valence electrons. The Morgan fingerprint density at radius 1 is 1.43 bits per heavy atom. The number of rotatable bonds is 2. The first-order valence-corrected chi connectivity index (χ1v) is 7.74. The Morgan fingerprint density at radius 3 is 2.83 bits per heavy atom. The molecule has 2 aromatic heterocycles. The second-order valence-electron chi connectivity index (χ2n) is 6.67. The van der Waals surface area contributed by atoms with E-state index >= 15 is 0 Å². The highest BCUT2D eigenvalue weighted by Gasteiger charge is 2.43. The number of likely N-dealkylation sites (tertiary alicyclic amines) is 1. The predicted octanol–water partition coefficient (Wildman–Crippen LogP) is 2.87. The number of amides is 1. The Labute approximate surface area is 139 Å². The van der Waals surface area contributed by atoms with E-state index in [2.05, 4.69) is 23.9 Å². The van der Waals surface area contributed by atoms with E-state index in [0.717, 1.165) is 5.56 Å². The monoisotopic (exact) mass is 336 g/mol. The lowest BCUT2D eigenvalue weighted by atomic mass is 9.79. The van der Waals surface area contributed by atoms with Crippen LogP contribution in [0.1, 0.15) is 35.7 Å². The summed E-state index contributed by atoms with van der Waals surface area (Å²) >= 11 is 5.84. The molecule has 7 heteroatoms. The van der Waals surface area contributed by atoms with Gasteiger partial charge in [-0.3, -0.25) is 9.48 Å². The molecule has 0 N–H and O–H groups in total. The average molecular weight is 337 g/mol. The van der Waals surface area contributed by atoms with Crippen molar-refractivity contribution < 1.29 is 9.18 Å². The van der Waals surface area contributed by atoms with Crippen LogP contribution in [0.2, 0.25) is 5.02 Å². The van der Waals surface area contributed by atoms with Crippen LogP contribution in [0.5, 0.6) is 0 Å². The first-order chi connectivity index (χ1) is 10.8. The molecule has 0 bridgehead atoms. The largest absolute Gasteiger partial charge is 0.337 e. The summed E-state index contributed by atoms with van der Waals surface area (Å²) in [4.78, 5) is 17.8. The van der Waals surface area contributed by atoms with Crippen molar-refractivity contribution in [3.05, 3.63) is 46.8 Å². The topological polar surface area (TPSA) is 51.0 Å². The smallest absolute Gasteiger partial charge is 0.258 e. The average Bonchev–Trinajstić information content (AvgIpc) is 3.03. The molecule has 2 aromatic rings. The number of nitrogens with zero attached hydrogens (tertiary/aromatic N) is 4. The van der Waals surface area contributed by atoms with E-state index in [1.165, 1.54) is 12.3 Å². The SMILES string of the molecule is Cn1cc(C2CN(C(=O)c3cc(Cl)cnc3F)CC2(C)C)cn1. The van der Waals surface area contributed by atoms with E-state index in [9.17, 15) is 9.18 Å². The third-order valence-electron chi connectivity index (χ3n) is 4.40. The summed E-state index contributed by atoms with van der Waals surface area (Å²) in [6, 6.07) is 1.33. The van der Waals surface area contributed by atoms with Gasteiger partial charge in [0.2, 0.25) is 5.95 Å². The maximum Gasteiger partial charge on any atom is 0.258 e. The second kappa shape index (κ2) is 5.60. The van der Waals surface area contributed by atoms with Gasteiger partial charge in [0.25, 0.3) is 5.91 Å². The molecule has 1 atom stereocenters. The van der Waals surface area contributed by atoms with Crippen molar-refractivity contribution in [2.24, 2.45) is 12.5 Å². The third-order valence-corrected chi connectivity index (χ3v) is 4.60. The highest BCUT2D eigenvalue weighted by molar-refractivity contribution is 6.30. The van der Waals surface area contributed by atoms with Crippen LogP contribution < -0.4 is 0 Å². The van der Waals surface area contributed by atoms with Crippen molar-refractivity contribution in [3.63, 3.8) is 0 Å². The first kappa shape index (κ1) is 15.9. The zero-order valence-electron chi connectivity index (χ0n) is 13.3. The maximum atomic E-state index is 13.9. The summed E-state index contributed by atoms with van der Waals surface area (Å²) in [5.74, 6) is -1.02. The summed E-state index contributed by atoms with van der Waals surface area (Å²) in [6.07, 6.45) is 4.98. The summed E-state index contributed by atoms with van der Waals surface area (Å²) in [5, 5.41) is 4.45. The molecule has 1 fully saturated rings. The number of aromatic nitrogens is 3. The van der Waals surface area contributed by atoms with Crippen molar-refractivity contribution in [3.8, 4) is 0 Å². The molecule has 1 aliphatic rings. The summed E-state index contributed by atoms with van der Waals surface area (Å²) in [7, 11) is 1.86. The van der Waals surface area contributed by atoms with Gasteiger partial charge in [0, 0.05) is 38.4 Å². The summed E-state index contributed by atoms with van der Waals surface area (Å²) in [5.41, 5.74) is 0.874. The number of aryl methyl sites for hydroxylation is 1. The predicted molar refractivity (Wildman–Crippen MR) is 84.8 cm³/mol. The molecular weight excluding hydrogens is 319 g/mol. The molecule has 1 unspecified atom stereocenters. The zero-order chi connectivity index (χ0) is 16.8. The number of hydrogen-bond acceptors (Lipinski definition) is 3. The Bertz CT molecular complexity index is 758. The molecule has 0 aliphatic carbocycles. The van der Waals surface area contributed by atoms with Gasteiger partial charge >= 0.3 is 0 Å². The quantitative estimate of drug-likeness (QED) is 0.792. The molecule has 1 amide bonds. The van der Waals surface area contributed by atoms with E-state index in [4.69, 9.17) is 11.6 Å². The van der Waals surface area contributed by atoms with Gasteiger partial charge in [-0.15, -0.1) is 0 Å². The van der Waals surface area contributed by atoms with Gasteiger partial charge in [-0.25, -0.2) is 4.98 Å². The van der Waals surface area contributed by atoms with Gasteiger partial charge in [0.15, 0.2) is 0 Å². The van der Waals surface area contributed by atoms with Crippen molar-refractivity contribution in [2.45, 2.75) is 19.8 Å². The van der Waals surface area contributed by atoms with Crippen LogP contribution in [0.25, 0.3) is 0 Å². The number of halogens is 2. The highest BCUT2D eigenvalue weighted by atomic mass is 35.5. The van der Waals surface area contributed by atoms with Gasteiger partial charge < -0.3 is 4.90 Å². The Balaban J connectivity index is 1.88. The Hall–Kier alpha value is -1.95. The molecule has 23 heavy (non-hydrogen) atoms. The van der Waals surface area contributed by atoms with E-state index in [-0.39, 0.29) is 27.8 Å². The zero-order valence-corrected chi connectivity index (χ0v) is 14.0. The van der Waals surface area contributed by atoms with Crippen molar-refractivity contribution >= 4 is 17.5 Å². The normalized spacial score (nSPS) is 20.0. The number of carbonyl (C=O) groups is 1. The molecule has 3 heterocycles. The maximum absolute atomic E-state index is 13.9. The van der Waals surface area contributed by atoms with Crippen LogP contribution in [0.3, 0.4) is 0 Å². The molecular formula is C16H18ClFN4O. The van der Waals surface area contributed by atoms with Gasteiger partial charge in [0.1, 0.15) is 0 Å². The van der Waals surface area contributed by atoms with Crippen LogP contribution in [-0.2, 0) is 7.05 Å². The molecule has 1 aliphatic heterocycles. The van der Waals surface area contributed by atoms with Gasteiger partial charge in [-0.2, -0.15) is 9.49 Å². The standard InChI is InChI=1S/C16H18ClFN4O/c1-16(2)9-22(8-13(16)10-5-20-21(3)7-10)15(23)12-4-11(17)6-19-14(12)18/h4-7,13H,8-9H2,1-3H3. The molecule has 3 rings (SSSR count). The molecule has 0 spiro atoms. The van der Waals surface area contributed by atoms with Crippen molar-refractivity contribution in [1.82, 2.24) is 19.7 Å². The molecule has 0 aromatic carbocycles. The highest BCUT2D eigenvalue weighted by Crippen LogP contribution is 2.42. The van der Waals surface area contributed by atoms with E-state index in [1.54, 1.807) is 9.58 Å². The molecule has 0 saturated carbocycles. The Morgan fingerprint density at radius 2 is 2.17 bits per heavy atom. The van der Waals surface area contributed by atoms with Crippen LogP contribution in [-0.4, -0.2) is 38.7 Å². The number of hydrogen-bond donors (Lipinski definition) is 0. The van der Waals surface area contributed by atoms with Crippen LogP contribution in [0, 0.1) is 11.4 Å². The number of carbonyl (C=O) groups excluding carboxylic acids is 1. The molecule has 1 saturated heterocycles. The summed E-state index contributed by atoms with van der Waals surface area (Å²) in [6.45, 7) is 5.26. The first-order valence-electron chi connectivity index (χ1n) is 7.37. The minimum absolute atomic E-state index is 0.0832. The van der Waals surface area contributed by atoms with Crippen LogP contribution in [0.4, 0.5) is 4.39 Å². The van der Waals surface area contributed by atoms with Gasteiger partial charge in [0.05, 0.1) is 16.8 Å². The molecule has 5 nitrogen and oxygen atoms in total. The van der Waals surface area contributed by atoms with E-state index < -0.39 is 5.95 Å². The van der Waals surface area contributed by atoms with E-state index in [0.29, 0.717) is 13.1 Å². The van der Waals surface area contributed by atoms with Crippen molar-refractivity contribution in [1.29, 1.82) is 0 Å². The van der Waals surface area contributed by atoms with Crippen molar-refractivity contribution in [2.75, 3.05) is 13.1 Å². The fraction of sp³-hybridized carbons (Fsp3) is 0.438. The summed E-state index contributed by atoms with van der Waals surface area (Å²) < 4.78 is 15.6. The molecule has 0 radical (unpaired) electrons. The van der Waals surface area contributed by atoms with Gasteiger partial charge in [-0.05, 0) is 17.0 Å².